The number of aliphatic hydroxyl groups excluding tert-OH is 2. The molecule has 1 heterocycles. The minimum absolute atomic E-state index is 0.00862. The van der Waals surface area contributed by atoms with Crippen LogP contribution in [0.3, 0.4) is 0 Å². The summed E-state index contributed by atoms with van der Waals surface area (Å²) in [6.45, 7) is 5.80. The smallest absolute Gasteiger partial charge is 0.202 e. The predicted molar refractivity (Wildman–Crippen MR) is 171 cm³/mol. The molecule has 0 radical (unpaired) electrons. The molecule has 6 atom stereocenters. The van der Waals surface area contributed by atoms with Crippen LogP contribution in [0.15, 0.2) is 18.2 Å². The molecule has 0 spiro atoms. The predicted octanol–water partition coefficient (Wildman–Crippen LogP) is 2.64. The van der Waals surface area contributed by atoms with Crippen LogP contribution >= 0.6 is 0 Å². The first-order valence-electron chi connectivity index (χ1n) is 16.2. The van der Waals surface area contributed by atoms with Crippen LogP contribution in [-0.4, -0.2) is 92.3 Å². The number of benzene rings is 2. The zero-order chi connectivity index (χ0) is 36.2. The molecule has 2 aliphatic carbocycles. The first kappa shape index (κ1) is 36.3. The Hall–Kier alpha value is -4.01. The summed E-state index contributed by atoms with van der Waals surface area (Å²) >= 11 is 0. The second kappa shape index (κ2) is 13.4. The minimum Gasteiger partial charge on any atom is -0.507 e. The van der Waals surface area contributed by atoms with Crippen LogP contribution in [0.25, 0.3) is 0 Å². The molecule has 49 heavy (non-hydrogen) atoms. The van der Waals surface area contributed by atoms with Crippen LogP contribution < -0.4 is 4.74 Å². The van der Waals surface area contributed by atoms with E-state index in [2.05, 4.69) is 0 Å². The second-order valence-electron chi connectivity index (χ2n) is 14.2. The minimum atomic E-state index is -2.32. The third-order valence-electron chi connectivity index (χ3n) is 9.84. The number of hydrogen-bond donors (Lipinski definition) is 5. The number of phenols is 2. The Morgan fingerprint density at radius 1 is 1.02 bits per heavy atom. The largest absolute Gasteiger partial charge is 0.507 e. The van der Waals surface area contributed by atoms with E-state index < -0.39 is 101 Å². The van der Waals surface area contributed by atoms with Gasteiger partial charge in [-0.15, -0.1) is 0 Å². The third-order valence-corrected chi connectivity index (χ3v) is 9.84. The number of methoxy groups -OCH3 is 1. The van der Waals surface area contributed by atoms with Crippen LogP contribution in [0.5, 0.6) is 17.2 Å². The second-order valence-corrected chi connectivity index (χ2v) is 14.2. The zero-order valence-electron chi connectivity index (χ0n) is 28.1. The Balaban J connectivity index is 1.51. The number of carbonyl (C=O) groups excluding carboxylic acids is 5. The highest BCUT2D eigenvalue weighted by molar-refractivity contribution is 6.31. The Morgan fingerprint density at radius 3 is 2.33 bits per heavy atom. The topological polar surface area (TPSA) is 214 Å². The lowest BCUT2D eigenvalue weighted by atomic mass is 9.72. The molecule has 1 unspecified atom stereocenters. The molecule has 0 amide bonds. The van der Waals surface area contributed by atoms with Gasteiger partial charge in [-0.25, -0.2) is 0 Å². The maximum Gasteiger partial charge on any atom is 0.202 e. The van der Waals surface area contributed by atoms with E-state index in [1.807, 2.05) is 0 Å². The van der Waals surface area contributed by atoms with Crippen molar-refractivity contribution in [2.45, 2.75) is 96.4 Å². The number of ether oxygens (including phenoxy) is 3. The SMILES string of the molecule is COc1cccc2c1C(=O)c1c(O)c3c(c(O)c1C2=O)C[C@@](O)(C(=O)CO)C[C@@H]3OC1C[C@H](CC(=O)CCC(=O)C(C)(C)C)[C@H](O)[C@H](C)O1. The van der Waals surface area contributed by atoms with Gasteiger partial charge in [-0.1, -0.05) is 32.9 Å². The highest BCUT2D eigenvalue weighted by Crippen LogP contribution is 2.52. The molecule has 2 aromatic rings. The van der Waals surface area contributed by atoms with Crippen molar-refractivity contribution in [3.8, 4) is 17.2 Å². The molecule has 0 saturated carbocycles. The van der Waals surface area contributed by atoms with Crippen molar-refractivity contribution in [3.05, 3.63) is 51.6 Å². The molecule has 13 heteroatoms. The molecule has 0 aromatic heterocycles. The van der Waals surface area contributed by atoms with Crippen molar-refractivity contribution >= 4 is 28.9 Å². The maximum atomic E-state index is 13.9. The van der Waals surface area contributed by atoms with Gasteiger partial charge in [0.15, 0.2) is 17.9 Å². The van der Waals surface area contributed by atoms with Gasteiger partial charge in [-0.2, -0.15) is 0 Å². The van der Waals surface area contributed by atoms with Gasteiger partial charge in [0.2, 0.25) is 5.78 Å². The first-order chi connectivity index (χ1) is 22.9. The number of fused-ring (bicyclic) bond motifs is 3. The van der Waals surface area contributed by atoms with Crippen LogP contribution in [0.1, 0.15) is 109 Å². The van der Waals surface area contributed by atoms with Crippen molar-refractivity contribution < 1.29 is 63.7 Å². The number of aromatic hydroxyl groups is 2. The Bertz CT molecular complexity index is 1720. The van der Waals surface area contributed by atoms with Gasteiger partial charge in [-0.3, -0.25) is 24.0 Å². The summed E-state index contributed by atoms with van der Waals surface area (Å²) in [6, 6.07) is 4.32. The highest BCUT2D eigenvalue weighted by Gasteiger charge is 2.50. The Kier molecular flexibility index (Phi) is 9.90. The average Bonchev–Trinajstić information content (AvgIpc) is 3.04. The molecular weight excluding hydrogens is 640 g/mol. The normalized spacial score (nSPS) is 26.4. The molecular formula is C36H42O13. The Labute approximate surface area is 282 Å². The molecule has 1 aliphatic heterocycles. The summed E-state index contributed by atoms with van der Waals surface area (Å²) in [4.78, 5) is 65.6. The summed E-state index contributed by atoms with van der Waals surface area (Å²) in [5.41, 5.74) is -4.54. The fourth-order valence-electron chi connectivity index (χ4n) is 7.04. The van der Waals surface area contributed by atoms with E-state index in [1.165, 1.54) is 25.3 Å². The molecule has 2 aromatic carbocycles. The van der Waals surface area contributed by atoms with Gasteiger partial charge in [0.05, 0.1) is 42.1 Å². The number of rotatable bonds is 10. The fourth-order valence-corrected chi connectivity index (χ4v) is 7.04. The number of aliphatic hydroxyl groups is 3. The number of Topliss-reactive ketones (excluding diaryl/α,β-unsaturated/α-hetero) is 3. The van der Waals surface area contributed by atoms with Crippen LogP contribution in [0, 0.1) is 11.3 Å². The molecule has 1 saturated heterocycles. The number of ketones is 5. The monoisotopic (exact) mass is 682 g/mol. The van der Waals surface area contributed by atoms with Crippen molar-refractivity contribution in [2.75, 3.05) is 13.7 Å². The van der Waals surface area contributed by atoms with Gasteiger partial charge in [0.1, 0.15) is 41.0 Å². The molecule has 5 N–H and O–H groups in total. The molecule has 13 nitrogen and oxygen atoms in total. The number of hydrogen-bond acceptors (Lipinski definition) is 13. The van der Waals surface area contributed by atoms with E-state index in [0.717, 1.165) is 0 Å². The molecule has 5 rings (SSSR count). The first-order valence-corrected chi connectivity index (χ1v) is 16.2. The average molecular weight is 683 g/mol. The fraction of sp³-hybridized carbons (Fsp3) is 0.528. The zero-order valence-corrected chi connectivity index (χ0v) is 28.1. The lowest BCUT2D eigenvalue weighted by Crippen LogP contribution is -2.49. The summed E-state index contributed by atoms with van der Waals surface area (Å²) in [7, 11) is 1.31. The number of phenolic OH excluding ortho intramolecular Hbond substituents is 2. The summed E-state index contributed by atoms with van der Waals surface area (Å²) < 4.78 is 17.4. The summed E-state index contributed by atoms with van der Waals surface area (Å²) in [5.74, 6) is -4.98. The van der Waals surface area contributed by atoms with E-state index in [-0.39, 0.29) is 65.3 Å². The van der Waals surface area contributed by atoms with Gasteiger partial charge in [0.25, 0.3) is 0 Å². The van der Waals surface area contributed by atoms with Gasteiger partial charge in [-0.05, 0) is 18.9 Å². The van der Waals surface area contributed by atoms with Crippen LogP contribution in [0.2, 0.25) is 0 Å². The summed E-state index contributed by atoms with van der Waals surface area (Å²) in [5, 5.41) is 55.3. The van der Waals surface area contributed by atoms with E-state index >= 15 is 0 Å². The molecule has 264 valence electrons. The van der Waals surface area contributed by atoms with E-state index in [9.17, 15) is 49.5 Å². The van der Waals surface area contributed by atoms with Gasteiger partial charge >= 0.3 is 0 Å². The van der Waals surface area contributed by atoms with Crippen LogP contribution in [0.4, 0.5) is 0 Å². The van der Waals surface area contributed by atoms with Crippen molar-refractivity contribution in [3.63, 3.8) is 0 Å². The standard InChI is InChI=1S/C36H42O13/c1-16-30(41)17(11-18(38)9-10-23(39)35(2,3)4)12-25(48-16)49-22-14-36(46,24(40)15-37)13-20-27(22)34(45)29-28(32(20)43)31(42)19-7-6-8-21(47-5)26(19)33(29)44/h6-8,16-17,22,25,30,37,41,43,45-46H,9-15H2,1-5H3/t16-,17-,22-,25?,30+,36-/m0/s1. The van der Waals surface area contributed by atoms with Crippen molar-refractivity contribution in [1.82, 2.24) is 0 Å². The summed E-state index contributed by atoms with van der Waals surface area (Å²) in [6.07, 6.45) is -5.76. The van der Waals surface area contributed by atoms with Crippen LogP contribution in [-0.2, 0) is 30.3 Å². The van der Waals surface area contributed by atoms with E-state index in [4.69, 9.17) is 14.2 Å². The lowest BCUT2D eigenvalue weighted by molar-refractivity contribution is -0.257. The van der Waals surface area contributed by atoms with Gasteiger partial charge < -0.3 is 39.7 Å². The van der Waals surface area contributed by atoms with Crippen molar-refractivity contribution in [2.24, 2.45) is 11.3 Å². The maximum absolute atomic E-state index is 13.9. The Morgan fingerprint density at radius 2 is 1.69 bits per heavy atom. The molecule has 3 aliphatic rings. The highest BCUT2D eigenvalue weighted by atomic mass is 16.7. The van der Waals surface area contributed by atoms with Crippen molar-refractivity contribution in [1.29, 1.82) is 0 Å². The number of carbonyl (C=O) groups is 5. The lowest BCUT2D eigenvalue weighted by Gasteiger charge is -2.42. The molecule has 0 bridgehead atoms. The van der Waals surface area contributed by atoms with E-state index in [1.54, 1.807) is 27.7 Å². The quantitative estimate of drug-likeness (QED) is 0.195. The molecule has 1 fully saturated rings. The van der Waals surface area contributed by atoms with Gasteiger partial charge in [0, 0.05) is 60.6 Å². The van der Waals surface area contributed by atoms with E-state index in [0.29, 0.717) is 0 Å². The third kappa shape index (κ3) is 6.53.